The Kier molecular flexibility index (Phi) is 5.85. The zero-order valence-corrected chi connectivity index (χ0v) is 15.3. The average molecular weight is 397 g/mol. The molecule has 8 nitrogen and oxygen atoms in total. The molecule has 0 radical (unpaired) electrons. The second-order valence-electron chi connectivity index (χ2n) is 5.81. The van der Waals surface area contributed by atoms with E-state index in [1.54, 1.807) is 6.08 Å². The van der Waals surface area contributed by atoms with Crippen molar-refractivity contribution in [3.8, 4) is 0 Å². The average Bonchev–Trinajstić information content (AvgIpc) is 2.96. The quantitative estimate of drug-likeness (QED) is 0.456. The molecule has 3 amide bonds. The normalized spacial score (nSPS) is 15.1. The van der Waals surface area contributed by atoms with E-state index in [2.05, 4.69) is 5.32 Å². The number of carbonyl (C=O) groups excluding carboxylic acids is 3. The maximum Gasteiger partial charge on any atom is 0.293 e. The van der Waals surface area contributed by atoms with E-state index in [-0.39, 0.29) is 24.3 Å². The smallest absolute Gasteiger partial charge is 0.293 e. The molecule has 1 saturated heterocycles. The van der Waals surface area contributed by atoms with E-state index in [0.717, 1.165) is 28.3 Å². The standard InChI is InChI=1S/C19H15N3O5S/c23-17(14-7-4-8-15(12-14)22(26)27)20-9-10-21-18(24)16(28-19(21)25)11-13-5-2-1-3-6-13/h1-8,11-12H,9-10H2,(H,20,23). The summed E-state index contributed by atoms with van der Waals surface area (Å²) in [5, 5.41) is 12.9. The van der Waals surface area contributed by atoms with Crippen LogP contribution in [0.4, 0.5) is 10.5 Å². The molecule has 0 bridgehead atoms. The van der Waals surface area contributed by atoms with Gasteiger partial charge >= 0.3 is 0 Å². The molecule has 0 aliphatic carbocycles. The molecule has 1 heterocycles. The van der Waals surface area contributed by atoms with E-state index >= 15 is 0 Å². The van der Waals surface area contributed by atoms with Gasteiger partial charge in [-0.05, 0) is 29.5 Å². The molecular formula is C19H15N3O5S. The summed E-state index contributed by atoms with van der Waals surface area (Å²) >= 11 is 0.848. The van der Waals surface area contributed by atoms with Crippen LogP contribution in [-0.4, -0.2) is 40.0 Å². The van der Waals surface area contributed by atoms with Crippen molar-refractivity contribution in [2.75, 3.05) is 13.1 Å². The first-order chi connectivity index (χ1) is 13.5. The van der Waals surface area contributed by atoms with Crippen molar-refractivity contribution in [1.29, 1.82) is 0 Å². The lowest BCUT2D eigenvalue weighted by atomic mass is 10.2. The van der Waals surface area contributed by atoms with Gasteiger partial charge in [0.15, 0.2) is 0 Å². The van der Waals surface area contributed by atoms with Crippen molar-refractivity contribution in [1.82, 2.24) is 10.2 Å². The molecule has 0 unspecified atom stereocenters. The lowest BCUT2D eigenvalue weighted by molar-refractivity contribution is -0.384. The Hall–Kier alpha value is -3.46. The minimum Gasteiger partial charge on any atom is -0.350 e. The number of carbonyl (C=O) groups is 3. The van der Waals surface area contributed by atoms with Crippen molar-refractivity contribution in [2.45, 2.75) is 0 Å². The Bertz CT molecular complexity index is 975. The SMILES string of the molecule is O=C(NCCN1C(=O)SC(=Cc2ccccc2)C1=O)c1cccc([N+](=O)[O-])c1. The van der Waals surface area contributed by atoms with Crippen LogP contribution in [0, 0.1) is 10.1 Å². The largest absolute Gasteiger partial charge is 0.350 e. The van der Waals surface area contributed by atoms with Gasteiger partial charge in [0, 0.05) is 30.8 Å². The fourth-order valence-corrected chi connectivity index (χ4v) is 3.40. The molecular weight excluding hydrogens is 382 g/mol. The summed E-state index contributed by atoms with van der Waals surface area (Å²) in [6.45, 7) is 0.0512. The lowest BCUT2D eigenvalue weighted by Gasteiger charge is -2.13. The highest BCUT2D eigenvalue weighted by Gasteiger charge is 2.34. The van der Waals surface area contributed by atoms with E-state index in [1.807, 2.05) is 30.3 Å². The first-order valence-corrected chi connectivity index (χ1v) is 9.10. The molecule has 0 saturated carbocycles. The highest BCUT2D eigenvalue weighted by Crippen LogP contribution is 2.31. The number of non-ortho nitro benzene ring substituents is 1. The molecule has 1 aliphatic heterocycles. The third-order valence-electron chi connectivity index (χ3n) is 3.91. The number of hydrogen-bond acceptors (Lipinski definition) is 6. The maximum atomic E-state index is 12.4. The molecule has 0 aromatic heterocycles. The molecule has 9 heteroatoms. The van der Waals surface area contributed by atoms with Crippen LogP contribution < -0.4 is 5.32 Å². The Labute approximate surface area is 164 Å². The summed E-state index contributed by atoms with van der Waals surface area (Å²) in [5.41, 5.74) is 0.754. The molecule has 142 valence electrons. The van der Waals surface area contributed by atoms with E-state index in [1.165, 1.54) is 18.2 Å². The van der Waals surface area contributed by atoms with E-state index < -0.39 is 22.0 Å². The summed E-state index contributed by atoms with van der Waals surface area (Å²) in [6, 6.07) is 14.5. The number of imide groups is 1. The predicted molar refractivity (Wildman–Crippen MR) is 105 cm³/mol. The van der Waals surface area contributed by atoms with E-state index in [0.29, 0.717) is 4.91 Å². The van der Waals surface area contributed by atoms with Crippen LogP contribution in [0.25, 0.3) is 6.08 Å². The van der Waals surface area contributed by atoms with Crippen LogP contribution in [-0.2, 0) is 4.79 Å². The second kappa shape index (κ2) is 8.49. The summed E-state index contributed by atoms with van der Waals surface area (Å²) in [5.74, 6) is -0.932. The van der Waals surface area contributed by atoms with Crippen molar-refractivity contribution in [2.24, 2.45) is 0 Å². The van der Waals surface area contributed by atoms with Crippen molar-refractivity contribution >= 4 is 40.6 Å². The molecule has 28 heavy (non-hydrogen) atoms. The van der Waals surface area contributed by atoms with Crippen LogP contribution in [0.5, 0.6) is 0 Å². The summed E-state index contributed by atoms with van der Waals surface area (Å²) in [7, 11) is 0. The molecule has 1 N–H and O–H groups in total. The van der Waals surface area contributed by atoms with E-state index in [4.69, 9.17) is 0 Å². The zero-order chi connectivity index (χ0) is 20.1. The highest BCUT2D eigenvalue weighted by atomic mass is 32.2. The van der Waals surface area contributed by atoms with Gasteiger partial charge < -0.3 is 5.32 Å². The number of nitro groups is 1. The van der Waals surface area contributed by atoms with Crippen molar-refractivity contribution in [3.63, 3.8) is 0 Å². The predicted octanol–water partition coefficient (Wildman–Crippen LogP) is 3.06. The number of hydrogen-bond donors (Lipinski definition) is 1. The topological polar surface area (TPSA) is 110 Å². The third kappa shape index (κ3) is 4.44. The first kappa shape index (κ1) is 19.3. The Morgan fingerprint density at radius 2 is 1.89 bits per heavy atom. The number of nitro benzene ring substituents is 1. The Morgan fingerprint density at radius 1 is 1.14 bits per heavy atom. The number of thioether (sulfide) groups is 1. The number of rotatable bonds is 6. The van der Waals surface area contributed by atoms with Gasteiger partial charge in [-0.2, -0.15) is 0 Å². The number of benzene rings is 2. The molecule has 1 aliphatic rings. The molecule has 1 fully saturated rings. The molecule has 0 atom stereocenters. The van der Waals surface area contributed by atoms with Gasteiger partial charge in [-0.15, -0.1) is 0 Å². The van der Waals surface area contributed by atoms with Crippen LogP contribution in [0.2, 0.25) is 0 Å². The summed E-state index contributed by atoms with van der Waals surface area (Å²) in [6.07, 6.45) is 1.65. The van der Waals surface area contributed by atoms with Gasteiger partial charge in [-0.25, -0.2) is 0 Å². The number of amides is 3. The van der Waals surface area contributed by atoms with Crippen LogP contribution >= 0.6 is 11.8 Å². The van der Waals surface area contributed by atoms with Gasteiger partial charge in [0.25, 0.3) is 22.7 Å². The molecule has 2 aromatic carbocycles. The first-order valence-electron chi connectivity index (χ1n) is 8.29. The monoisotopic (exact) mass is 397 g/mol. The van der Waals surface area contributed by atoms with Crippen molar-refractivity contribution in [3.05, 3.63) is 80.7 Å². The fourth-order valence-electron chi connectivity index (χ4n) is 2.54. The van der Waals surface area contributed by atoms with Crippen LogP contribution in [0.15, 0.2) is 59.5 Å². The second-order valence-corrected chi connectivity index (χ2v) is 6.80. The minimum atomic E-state index is -0.587. The van der Waals surface area contributed by atoms with Crippen LogP contribution in [0.1, 0.15) is 15.9 Å². The maximum absolute atomic E-state index is 12.4. The van der Waals surface area contributed by atoms with Gasteiger partial charge in [-0.3, -0.25) is 29.4 Å². The summed E-state index contributed by atoms with van der Waals surface area (Å²) < 4.78 is 0. The molecule has 3 rings (SSSR count). The third-order valence-corrected chi connectivity index (χ3v) is 4.82. The lowest BCUT2D eigenvalue weighted by Crippen LogP contribution is -2.37. The Balaban J connectivity index is 1.59. The number of nitrogens with zero attached hydrogens (tertiary/aromatic N) is 2. The molecule has 2 aromatic rings. The van der Waals surface area contributed by atoms with Gasteiger partial charge in [0.2, 0.25) is 0 Å². The van der Waals surface area contributed by atoms with Gasteiger partial charge in [0.1, 0.15) is 0 Å². The van der Waals surface area contributed by atoms with E-state index in [9.17, 15) is 24.5 Å². The summed E-state index contributed by atoms with van der Waals surface area (Å²) in [4.78, 5) is 48.2. The van der Waals surface area contributed by atoms with Gasteiger partial charge in [0.05, 0.1) is 9.83 Å². The zero-order valence-electron chi connectivity index (χ0n) is 14.5. The van der Waals surface area contributed by atoms with Crippen molar-refractivity contribution < 1.29 is 19.3 Å². The van der Waals surface area contributed by atoms with Gasteiger partial charge in [-0.1, -0.05) is 36.4 Å². The highest BCUT2D eigenvalue weighted by molar-refractivity contribution is 8.18. The Morgan fingerprint density at radius 3 is 2.61 bits per heavy atom. The number of nitrogens with one attached hydrogen (secondary N) is 1. The fraction of sp³-hybridized carbons (Fsp3) is 0.105. The molecule has 0 spiro atoms. The minimum absolute atomic E-state index is 0.0114. The van der Waals surface area contributed by atoms with Crippen LogP contribution in [0.3, 0.4) is 0 Å².